The van der Waals surface area contributed by atoms with Gasteiger partial charge in [-0.2, -0.15) is 0 Å². The standard InChI is InChI=1S/C12H19N3O.HI/c1-13-12(15(2)3)14-9-10-16-11-7-5-4-6-8-11;/h4-8H,9-10H2,1-3H3,(H,13,14);1H. The van der Waals surface area contributed by atoms with Crippen LogP contribution >= 0.6 is 24.0 Å². The second-order valence-corrected chi connectivity index (χ2v) is 3.53. The van der Waals surface area contributed by atoms with E-state index in [4.69, 9.17) is 4.74 Å². The fraction of sp³-hybridized carbons (Fsp3) is 0.417. The monoisotopic (exact) mass is 349 g/mol. The molecule has 0 bridgehead atoms. The van der Waals surface area contributed by atoms with E-state index in [1.165, 1.54) is 0 Å². The molecule has 0 aliphatic rings. The lowest BCUT2D eigenvalue weighted by molar-refractivity contribution is 0.320. The molecule has 1 aromatic carbocycles. The molecule has 17 heavy (non-hydrogen) atoms. The molecule has 4 nitrogen and oxygen atoms in total. The molecule has 0 amide bonds. The Hall–Kier alpha value is -0.980. The first-order valence-electron chi connectivity index (χ1n) is 5.30. The summed E-state index contributed by atoms with van der Waals surface area (Å²) in [7, 11) is 5.67. The van der Waals surface area contributed by atoms with Gasteiger partial charge in [0.2, 0.25) is 0 Å². The van der Waals surface area contributed by atoms with Gasteiger partial charge in [-0.25, -0.2) is 0 Å². The number of hydrogen-bond acceptors (Lipinski definition) is 2. The maximum absolute atomic E-state index is 5.54. The van der Waals surface area contributed by atoms with E-state index in [1.54, 1.807) is 7.05 Å². The molecule has 1 rings (SSSR count). The molecule has 0 fully saturated rings. The van der Waals surface area contributed by atoms with Crippen LogP contribution in [-0.2, 0) is 0 Å². The average Bonchev–Trinajstić information content (AvgIpc) is 2.30. The topological polar surface area (TPSA) is 36.9 Å². The van der Waals surface area contributed by atoms with Crippen molar-refractivity contribution in [2.45, 2.75) is 0 Å². The maximum atomic E-state index is 5.54. The van der Waals surface area contributed by atoms with E-state index >= 15 is 0 Å². The van der Waals surface area contributed by atoms with E-state index in [2.05, 4.69) is 10.3 Å². The Morgan fingerprint density at radius 1 is 1.29 bits per heavy atom. The first-order valence-corrected chi connectivity index (χ1v) is 5.30. The van der Waals surface area contributed by atoms with Crippen LogP contribution in [-0.4, -0.2) is 45.2 Å². The van der Waals surface area contributed by atoms with Crippen LogP contribution in [0.3, 0.4) is 0 Å². The Morgan fingerprint density at radius 2 is 1.94 bits per heavy atom. The van der Waals surface area contributed by atoms with Crippen LogP contribution < -0.4 is 10.1 Å². The number of ether oxygens (including phenoxy) is 1. The number of para-hydroxylation sites is 1. The minimum absolute atomic E-state index is 0. The summed E-state index contributed by atoms with van der Waals surface area (Å²) in [6.45, 7) is 1.36. The molecule has 0 spiro atoms. The van der Waals surface area contributed by atoms with E-state index in [-0.39, 0.29) is 24.0 Å². The van der Waals surface area contributed by atoms with Gasteiger partial charge in [-0.1, -0.05) is 18.2 Å². The number of aliphatic imine (C=N–C) groups is 1. The Balaban J connectivity index is 0.00000256. The number of hydrogen-bond donors (Lipinski definition) is 1. The highest BCUT2D eigenvalue weighted by Gasteiger charge is 1.98. The minimum Gasteiger partial charge on any atom is -0.492 e. The molecule has 0 radical (unpaired) electrons. The van der Waals surface area contributed by atoms with Crippen molar-refractivity contribution in [3.05, 3.63) is 30.3 Å². The summed E-state index contributed by atoms with van der Waals surface area (Å²) in [5, 5.41) is 3.19. The van der Waals surface area contributed by atoms with Gasteiger partial charge in [0.15, 0.2) is 5.96 Å². The Kier molecular flexibility index (Phi) is 8.57. The Bertz CT molecular complexity index is 328. The zero-order valence-corrected chi connectivity index (χ0v) is 12.8. The third-order valence-electron chi connectivity index (χ3n) is 2.03. The van der Waals surface area contributed by atoms with Crippen molar-refractivity contribution in [2.75, 3.05) is 34.3 Å². The van der Waals surface area contributed by atoms with Crippen LogP contribution in [0.15, 0.2) is 35.3 Å². The minimum atomic E-state index is 0. The van der Waals surface area contributed by atoms with Gasteiger partial charge in [-0.05, 0) is 12.1 Å². The summed E-state index contributed by atoms with van der Waals surface area (Å²) in [5.41, 5.74) is 0. The lowest BCUT2D eigenvalue weighted by Crippen LogP contribution is -2.38. The van der Waals surface area contributed by atoms with Crippen molar-refractivity contribution in [3.63, 3.8) is 0 Å². The van der Waals surface area contributed by atoms with Gasteiger partial charge in [0, 0.05) is 21.1 Å². The highest BCUT2D eigenvalue weighted by atomic mass is 127. The molecule has 0 saturated carbocycles. The number of benzene rings is 1. The quantitative estimate of drug-likeness (QED) is 0.390. The van der Waals surface area contributed by atoms with Gasteiger partial charge in [-0.15, -0.1) is 24.0 Å². The molecule has 0 aliphatic heterocycles. The number of rotatable bonds is 4. The Labute approximate surface area is 120 Å². The molecule has 0 saturated heterocycles. The molecule has 96 valence electrons. The molecule has 0 aliphatic carbocycles. The summed E-state index contributed by atoms with van der Waals surface area (Å²) in [5.74, 6) is 1.75. The van der Waals surface area contributed by atoms with Crippen molar-refractivity contribution in [3.8, 4) is 5.75 Å². The van der Waals surface area contributed by atoms with Crippen LogP contribution in [0.2, 0.25) is 0 Å². The molecule has 0 atom stereocenters. The van der Waals surface area contributed by atoms with E-state index in [0.717, 1.165) is 18.3 Å². The van der Waals surface area contributed by atoms with Crippen molar-refractivity contribution in [1.82, 2.24) is 10.2 Å². The molecule has 1 aromatic rings. The molecule has 1 N–H and O–H groups in total. The summed E-state index contributed by atoms with van der Waals surface area (Å²) >= 11 is 0. The first kappa shape index (κ1) is 16.0. The lowest BCUT2D eigenvalue weighted by atomic mass is 10.3. The smallest absolute Gasteiger partial charge is 0.193 e. The summed E-state index contributed by atoms with van der Waals surface area (Å²) in [6, 6.07) is 9.78. The van der Waals surface area contributed by atoms with Crippen molar-refractivity contribution in [2.24, 2.45) is 4.99 Å². The highest BCUT2D eigenvalue weighted by Crippen LogP contribution is 2.07. The summed E-state index contributed by atoms with van der Waals surface area (Å²) in [6.07, 6.45) is 0. The second-order valence-electron chi connectivity index (χ2n) is 3.53. The van der Waals surface area contributed by atoms with Gasteiger partial charge >= 0.3 is 0 Å². The molecule has 0 aromatic heterocycles. The summed E-state index contributed by atoms with van der Waals surface area (Å²) in [4.78, 5) is 6.04. The van der Waals surface area contributed by atoms with E-state index in [9.17, 15) is 0 Å². The van der Waals surface area contributed by atoms with Gasteiger partial charge in [0.05, 0.1) is 6.54 Å². The second kappa shape index (κ2) is 9.09. The van der Waals surface area contributed by atoms with Crippen LogP contribution in [0, 0.1) is 0 Å². The van der Waals surface area contributed by atoms with E-state index in [1.807, 2.05) is 49.3 Å². The summed E-state index contributed by atoms with van der Waals surface area (Å²) < 4.78 is 5.54. The lowest BCUT2D eigenvalue weighted by Gasteiger charge is -2.16. The molecular weight excluding hydrogens is 329 g/mol. The normalized spacial score (nSPS) is 10.4. The fourth-order valence-corrected chi connectivity index (χ4v) is 1.29. The first-order chi connectivity index (χ1) is 7.74. The highest BCUT2D eigenvalue weighted by molar-refractivity contribution is 14.0. The van der Waals surface area contributed by atoms with E-state index < -0.39 is 0 Å². The predicted molar refractivity (Wildman–Crippen MR) is 82.4 cm³/mol. The molecule has 5 heteroatoms. The van der Waals surface area contributed by atoms with Crippen molar-refractivity contribution < 1.29 is 4.74 Å². The number of nitrogens with zero attached hydrogens (tertiary/aromatic N) is 2. The van der Waals surface area contributed by atoms with Gasteiger partial charge < -0.3 is 15.0 Å². The number of nitrogens with one attached hydrogen (secondary N) is 1. The van der Waals surface area contributed by atoms with Crippen LogP contribution in [0.1, 0.15) is 0 Å². The van der Waals surface area contributed by atoms with Crippen LogP contribution in [0.5, 0.6) is 5.75 Å². The van der Waals surface area contributed by atoms with Crippen molar-refractivity contribution in [1.29, 1.82) is 0 Å². The largest absolute Gasteiger partial charge is 0.492 e. The zero-order valence-electron chi connectivity index (χ0n) is 10.5. The van der Waals surface area contributed by atoms with Gasteiger partial charge in [0.1, 0.15) is 12.4 Å². The maximum Gasteiger partial charge on any atom is 0.193 e. The van der Waals surface area contributed by atoms with E-state index in [0.29, 0.717) is 6.61 Å². The zero-order chi connectivity index (χ0) is 11.8. The third kappa shape index (κ3) is 6.35. The third-order valence-corrected chi connectivity index (χ3v) is 2.03. The number of halogens is 1. The molecular formula is C12H20IN3O. The van der Waals surface area contributed by atoms with Crippen LogP contribution in [0.25, 0.3) is 0 Å². The molecule has 0 heterocycles. The predicted octanol–water partition coefficient (Wildman–Crippen LogP) is 1.82. The fourth-order valence-electron chi connectivity index (χ4n) is 1.29. The van der Waals surface area contributed by atoms with Gasteiger partial charge in [0.25, 0.3) is 0 Å². The Morgan fingerprint density at radius 3 is 2.47 bits per heavy atom. The van der Waals surface area contributed by atoms with Crippen molar-refractivity contribution >= 4 is 29.9 Å². The van der Waals surface area contributed by atoms with Crippen LogP contribution in [0.4, 0.5) is 0 Å². The molecule has 0 unspecified atom stereocenters. The van der Waals surface area contributed by atoms with Gasteiger partial charge in [-0.3, -0.25) is 4.99 Å². The average molecular weight is 349 g/mol. The number of guanidine groups is 1. The SMILES string of the molecule is CN=C(NCCOc1ccccc1)N(C)C.I.